The van der Waals surface area contributed by atoms with E-state index < -0.39 is 6.04 Å². The molecule has 0 saturated carbocycles. The molecule has 1 amide bonds. The number of nitrogens with two attached hydrogens (primary N) is 1. The Morgan fingerprint density at radius 1 is 1.40 bits per heavy atom. The highest BCUT2D eigenvalue weighted by Gasteiger charge is 2.24. The average molecular weight is 282 g/mol. The van der Waals surface area contributed by atoms with Crippen molar-refractivity contribution in [1.29, 1.82) is 5.26 Å². The summed E-state index contributed by atoms with van der Waals surface area (Å²) in [6.07, 6.45) is 0.347. The molecule has 2 N–H and O–H groups in total. The van der Waals surface area contributed by atoms with Crippen LogP contribution in [0.15, 0.2) is 0 Å². The van der Waals surface area contributed by atoms with Gasteiger partial charge in [-0.3, -0.25) is 9.69 Å². The van der Waals surface area contributed by atoms with Crippen molar-refractivity contribution in [2.24, 2.45) is 11.7 Å². The molecule has 1 rings (SSSR count). The van der Waals surface area contributed by atoms with Gasteiger partial charge in [0.15, 0.2) is 0 Å². The molecule has 1 aliphatic heterocycles. The number of morpholine rings is 1. The van der Waals surface area contributed by atoms with E-state index in [9.17, 15) is 4.79 Å². The first-order valence-electron chi connectivity index (χ1n) is 7.27. The largest absolute Gasteiger partial charge is 0.379 e. The molecule has 6 nitrogen and oxygen atoms in total. The van der Waals surface area contributed by atoms with Crippen LogP contribution in [0.2, 0.25) is 0 Å². The quantitative estimate of drug-likeness (QED) is 0.713. The molecule has 0 aromatic heterocycles. The van der Waals surface area contributed by atoms with Gasteiger partial charge in [0, 0.05) is 32.7 Å². The second-order valence-corrected chi connectivity index (χ2v) is 5.46. The van der Waals surface area contributed by atoms with E-state index in [-0.39, 0.29) is 11.8 Å². The molecule has 0 spiro atoms. The highest BCUT2D eigenvalue weighted by atomic mass is 16.5. The smallest absolute Gasteiger partial charge is 0.239 e. The minimum atomic E-state index is -0.488. The Morgan fingerprint density at radius 2 is 2.05 bits per heavy atom. The van der Waals surface area contributed by atoms with Crippen LogP contribution in [0, 0.1) is 17.2 Å². The number of amides is 1. The third-order valence-electron chi connectivity index (χ3n) is 3.60. The van der Waals surface area contributed by atoms with E-state index in [0.29, 0.717) is 19.5 Å². The Labute approximate surface area is 121 Å². The van der Waals surface area contributed by atoms with E-state index in [1.807, 2.05) is 13.8 Å². The van der Waals surface area contributed by atoms with Crippen LogP contribution in [0.25, 0.3) is 0 Å². The topological polar surface area (TPSA) is 82.6 Å². The second kappa shape index (κ2) is 8.90. The van der Waals surface area contributed by atoms with Gasteiger partial charge in [-0.25, -0.2) is 0 Å². The van der Waals surface area contributed by atoms with Crippen LogP contribution >= 0.6 is 0 Å². The Balaban J connectivity index is 2.50. The first-order chi connectivity index (χ1) is 9.56. The fourth-order valence-corrected chi connectivity index (χ4v) is 2.10. The Hall–Kier alpha value is -1.16. The van der Waals surface area contributed by atoms with Gasteiger partial charge in [-0.15, -0.1) is 0 Å². The van der Waals surface area contributed by atoms with Gasteiger partial charge in [-0.2, -0.15) is 5.26 Å². The summed E-state index contributed by atoms with van der Waals surface area (Å²) in [5, 5.41) is 8.72. The monoisotopic (exact) mass is 282 g/mol. The van der Waals surface area contributed by atoms with Crippen LogP contribution in [-0.2, 0) is 9.53 Å². The van der Waals surface area contributed by atoms with Gasteiger partial charge < -0.3 is 15.4 Å². The normalized spacial score (nSPS) is 17.8. The van der Waals surface area contributed by atoms with Gasteiger partial charge in [-0.05, 0) is 5.92 Å². The van der Waals surface area contributed by atoms with Crippen molar-refractivity contribution in [3.8, 4) is 6.07 Å². The zero-order valence-electron chi connectivity index (χ0n) is 12.5. The van der Waals surface area contributed by atoms with Gasteiger partial charge in [0.25, 0.3) is 0 Å². The Bertz CT molecular complexity index is 335. The third kappa shape index (κ3) is 5.45. The fraction of sp³-hybridized carbons (Fsp3) is 0.857. The van der Waals surface area contributed by atoms with Gasteiger partial charge in [0.2, 0.25) is 5.91 Å². The molecule has 0 unspecified atom stereocenters. The van der Waals surface area contributed by atoms with Crippen LogP contribution in [0.1, 0.15) is 20.3 Å². The van der Waals surface area contributed by atoms with Crippen molar-refractivity contribution in [1.82, 2.24) is 9.80 Å². The summed E-state index contributed by atoms with van der Waals surface area (Å²) in [7, 11) is 0. The maximum atomic E-state index is 12.3. The molecule has 0 aromatic rings. The molecule has 1 heterocycles. The van der Waals surface area contributed by atoms with E-state index in [1.54, 1.807) is 4.90 Å². The van der Waals surface area contributed by atoms with Crippen LogP contribution in [0.4, 0.5) is 0 Å². The third-order valence-corrected chi connectivity index (χ3v) is 3.60. The number of hydrogen-bond donors (Lipinski definition) is 1. The Kier molecular flexibility index (Phi) is 7.52. The van der Waals surface area contributed by atoms with E-state index >= 15 is 0 Å². The Morgan fingerprint density at radius 3 is 2.60 bits per heavy atom. The van der Waals surface area contributed by atoms with E-state index in [4.69, 9.17) is 15.7 Å². The second-order valence-electron chi connectivity index (χ2n) is 5.46. The summed E-state index contributed by atoms with van der Waals surface area (Å²) in [5.41, 5.74) is 5.93. The minimum absolute atomic E-state index is 0.0523. The molecule has 0 bridgehead atoms. The van der Waals surface area contributed by atoms with Gasteiger partial charge >= 0.3 is 0 Å². The maximum Gasteiger partial charge on any atom is 0.239 e. The predicted molar refractivity (Wildman–Crippen MR) is 76.9 cm³/mol. The number of carbonyl (C=O) groups excluding carboxylic acids is 1. The van der Waals surface area contributed by atoms with Gasteiger partial charge in [0.1, 0.15) is 0 Å². The van der Waals surface area contributed by atoms with E-state index in [0.717, 1.165) is 32.8 Å². The van der Waals surface area contributed by atoms with Crippen molar-refractivity contribution >= 4 is 5.91 Å². The molecule has 20 heavy (non-hydrogen) atoms. The first kappa shape index (κ1) is 16.9. The number of hydrogen-bond acceptors (Lipinski definition) is 5. The molecule has 0 aromatic carbocycles. The maximum absolute atomic E-state index is 12.3. The van der Waals surface area contributed by atoms with Crippen LogP contribution < -0.4 is 5.73 Å². The van der Waals surface area contributed by atoms with Crippen LogP contribution in [0.3, 0.4) is 0 Å². The van der Waals surface area contributed by atoms with Crippen LogP contribution in [-0.4, -0.2) is 67.7 Å². The highest BCUT2D eigenvalue weighted by Crippen LogP contribution is 2.05. The molecule has 1 aliphatic rings. The highest BCUT2D eigenvalue weighted by molar-refractivity contribution is 5.81. The van der Waals surface area contributed by atoms with Gasteiger partial charge in [-0.1, -0.05) is 13.8 Å². The molecule has 0 radical (unpaired) electrons. The fourth-order valence-electron chi connectivity index (χ4n) is 2.10. The van der Waals surface area contributed by atoms with E-state index in [1.165, 1.54) is 0 Å². The first-order valence-corrected chi connectivity index (χ1v) is 7.27. The van der Waals surface area contributed by atoms with E-state index in [2.05, 4.69) is 11.0 Å². The number of ether oxygens (including phenoxy) is 1. The lowest BCUT2D eigenvalue weighted by atomic mass is 10.0. The number of nitrogens with zero attached hydrogens (tertiary/aromatic N) is 3. The summed E-state index contributed by atoms with van der Waals surface area (Å²) >= 11 is 0. The van der Waals surface area contributed by atoms with Crippen molar-refractivity contribution in [2.75, 3.05) is 45.9 Å². The summed E-state index contributed by atoms with van der Waals surface area (Å²) in [6, 6.07) is 1.60. The average Bonchev–Trinajstić information content (AvgIpc) is 2.47. The van der Waals surface area contributed by atoms with Gasteiger partial charge in [0.05, 0.1) is 31.7 Å². The molecular weight excluding hydrogens is 256 g/mol. The lowest BCUT2D eigenvalue weighted by Crippen LogP contribution is -2.50. The molecule has 1 fully saturated rings. The molecular formula is C14H26N4O2. The predicted octanol–water partition coefficient (Wildman–Crippen LogP) is 0.0442. The summed E-state index contributed by atoms with van der Waals surface area (Å²) in [5.74, 6) is 0.0546. The summed E-state index contributed by atoms with van der Waals surface area (Å²) in [4.78, 5) is 16.3. The lowest BCUT2D eigenvalue weighted by Gasteiger charge is -2.31. The minimum Gasteiger partial charge on any atom is -0.379 e. The zero-order chi connectivity index (χ0) is 15.0. The van der Waals surface area contributed by atoms with Crippen molar-refractivity contribution < 1.29 is 9.53 Å². The molecule has 114 valence electrons. The van der Waals surface area contributed by atoms with Crippen molar-refractivity contribution in [3.63, 3.8) is 0 Å². The SMILES string of the molecule is CC(C)[C@H](N)C(=O)N(CCC#N)CCN1CCOCC1. The molecule has 1 saturated heterocycles. The standard InChI is InChI=1S/C14H26N4O2/c1-12(2)13(16)14(19)18(5-3-4-15)7-6-17-8-10-20-11-9-17/h12-13H,3,5-11,16H2,1-2H3/t13-/m0/s1. The molecule has 1 atom stereocenters. The number of rotatable bonds is 7. The molecule has 6 heteroatoms. The zero-order valence-corrected chi connectivity index (χ0v) is 12.5. The number of carbonyl (C=O) groups is 1. The lowest BCUT2D eigenvalue weighted by molar-refractivity contribution is -0.133. The summed E-state index contributed by atoms with van der Waals surface area (Å²) < 4.78 is 5.30. The summed E-state index contributed by atoms with van der Waals surface area (Å²) in [6.45, 7) is 9.06. The van der Waals surface area contributed by atoms with Crippen molar-refractivity contribution in [2.45, 2.75) is 26.3 Å². The van der Waals surface area contributed by atoms with Crippen molar-refractivity contribution in [3.05, 3.63) is 0 Å². The van der Waals surface area contributed by atoms with Crippen LogP contribution in [0.5, 0.6) is 0 Å². The molecule has 0 aliphatic carbocycles. The number of nitriles is 1.